The quantitative estimate of drug-likeness (QED) is 0.626. The molecule has 0 amide bonds. The smallest absolute Gasteiger partial charge is 0.0746 e. The molecule has 0 spiro atoms. The number of hydrogen-bond acceptors (Lipinski definition) is 1. The average Bonchev–Trinajstić information content (AvgIpc) is 2.15. The van der Waals surface area contributed by atoms with Crippen LogP contribution >= 0.6 is 0 Å². The lowest BCUT2D eigenvalue weighted by molar-refractivity contribution is 0.164. The fourth-order valence-corrected chi connectivity index (χ4v) is 1.03. The summed E-state index contributed by atoms with van der Waals surface area (Å²) in [5.74, 6) is 0.922. The second kappa shape index (κ2) is 6.90. The van der Waals surface area contributed by atoms with Crippen LogP contribution in [-0.2, 0) is 0 Å². The molecule has 0 bridgehead atoms. The van der Waals surface area contributed by atoms with Crippen molar-refractivity contribution in [2.45, 2.75) is 39.7 Å². The lowest BCUT2D eigenvalue weighted by atomic mass is 9.99. The Morgan fingerprint density at radius 1 is 1.38 bits per heavy atom. The summed E-state index contributed by atoms with van der Waals surface area (Å²) in [6, 6.07) is 0. The van der Waals surface area contributed by atoms with Gasteiger partial charge in [-0.3, -0.25) is 0 Å². The Balaban J connectivity index is 3.74. The monoisotopic (exact) mass is 182 g/mol. The highest BCUT2D eigenvalue weighted by molar-refractivity contribution is 4.91. The van der Waals surface area contributed by atoms with Crippen molar-refractivity contribution in [1.29, 1.82) is 0 Å². The van der Waals surface area contributed by atoms with Crippen LogP contribution in [0.15, 0.2) is 24.8 Å². The number of allylic oxidation sites excluding steroid dienone is 2. The van der Waals surface area contributed by atoms with Crippen molar-refractivity contribution < 1.29 is 5.11 Å². The molecule has 0 saturated carbocycles. The second-order valence-electron chi connectivity index (χ2n) is 3.75. The van der Waals surface area contributed by atoms with E-state index in [9.17, 15) is 5.11 Å². The molecule has 3 unspecified atom stereocenters. The van der Waals surface area contributed by atoms with Crippen LogP contribution in [0.25, 0.3) is 0 Å². The Labute approximate surface area is 82.2 Å². The highest BCUT2D eigenvalue weighted by atomic mass is 16.3. The van der Waals surface area contributed by atoms with E-state index in [1.54, 1.807) is 6.08 Å². The standard InChI is InChI=1S/C12H22O/c1-5-10(3)8-7-9-11(4)12(13)6-2/h6-8,10-13H,2,5,9H2,1,3-4H3. The molecule has 13 heavy (non-hydrogen) atoms. The Morgan fingerprint density at radius 3 is 2.46 bits per heavy atom. The summed E-state index contributed by atoms with van der Waals surface area (Å²) in [4.78, 5) is 0. The van der Waals surface area contributed by atoms with Crippen LogP contribution < -0.4 is 0 Å². The normalized spacial score (nSPS) is 18.5. The third-order valence-corrected chi connectivity index (χ3v) is 2.44. The van der Waals surface area contributed by atoms with E-state index in [1.807, 2.05) is 6.92 Å². The molecule has 0 radical (unpaired) electrons. The van der Waals surface area contributed by atoms with Crippen molar-refractivity contribution in [2.75, 3.05) is 0 Å². The van der Waals surface area contributed by atoms with E-state index in [-0.39, 0.29) is 12.0 Å². The van der Waals surface area contributed by atoms with Gasteiger partial charge in [-0.2, -0.15) is 0 Å². The fraction of sp³-hybridized carbons (Fsp3) is 0.667. The van der Waals surface area contributed by atoms with Gasteiger partial charge >= 0.3 is 0 Å². The molecule has 0 aliphatic rings. The molecule has 0 aromatic carbocycles. The van der Waals surface area contributed by atoms with Crippen LogP contribution in [0.3, 0.4) is 0 Å². The zero-order valence-electron chi connectivity index (χ0n) is 9.03. The summed E-state index contributed by atoms with van der Waals surface area (Å²) in [5, 5.41) is 9.40. The zero-order chi connectivity index (χ0) is 10.3. The van der Waals surface area contributed by atoms with Crippen molar-refractivity contribution in [3.63, 3.8) is 0 Å². The predicted octanol–water partition coefficient (Wildman–Crippen LogP) is 3.16. The van der Waals surface area contributed by atoms with Crippen LogP contribution in [0, 0.1) is 11.8 Å². The van der Waals surface area contributed by atoms with Gasteiger partial charge in [-0.15, -0.1) is 6.58 Å². The molecule has 0 aliphatic heterocycles. The average molecular weight is 182 g/mol. The molecular weight excluding hydrogens is 160 g/mol. The Kier molecular flexibility index (Phi) is 6.61. The van der Waals surface area contributed by atoms with E-state index >= 15 is 0 Å². The minimum atomic E-state index is -0.374. The molecule has 0 aromatic rings. The van der Waals surface area contributed by atoms with Gasteiger partial charge in [-0.25, -0.2) is 0 Å². The van der Waals surface area contributed by atoms with Crippen LogP contribution in [0.2, 0.25) is 0 Å². The topological polar surface area (TPSA) is 20.2 Å². The maximum Gasteiger partial charge on any atom is 0.0746 e. The SMILES string of the molecule is C=CC(O)C(C)CC=CC(C)CC. The molecule has 1 heteroatoms. The Bertz CT molecular complexity index is 161. The van der Waals surface area contributed by atoms with Gasteiger partial charge in [-0.05, 0) is 18.3 Å². The van der Waals surface area contributed by atoms with Crippen LogP contribution in [0.5, 0.6) is 0 Å². The van der Waals surface area contributed by atoms with Crippen molar-refractivity contribution in [3.8, 4) is 0 Å². The van der Waals surface area contributed by atoms with Gasteiger partial charge < -0.3 is 5.11 Å². The fourth-order valence-electron chi connectivity index (χ4n) is 1.03. The second-order valence-corrected chi connectivity index (χ2v) is 3.75. The first-order valence-corrected chi connectivity index (χ1v) is 5.09. The first-order chi connectivity index (χ1) is 6.11. The Hall–Kier alpha value is -0.560. The van der Waals surface area contributed by atoms with Gasteiger partial charge in [0.25, 0.3) is 0 Å². The van der Waals surface area contributed by atoms with Gasteiger partial charge in [0, 0.05) is 0 Å². The van der Waals surface area contributed by atoms with Gasteiger partial charge in [-0.1, -0.05) is 45.4 Å². The molecule has 0 fully saturated rings. The van der Waals surface area contributed by atoms with Gasteiger partial charge in [0.05, 0.1) is 6.10 Å². The highest BCUT2D eigenvalue weighted by Gasteiger charge is 2.07. The molecule has 0 saturated heterocycles. The minimum absolute atomic E-state index is 0.276. The minimum Gasteiger partial charge on any atom is -0.389 e. The first-order valence-electron chi connectivity index (χ1n) is 5.09. The van der Waals surface area contributed by atoms with Gasteiger partial charge in [0.1, 0.15) is 0 Å². The van der Waals surface area contributed by atoms with Gasteiger partial charge in [0.15, 0.2) is 0 Å². The number of aliphatic hydroxyl groups excluding tert-OH is 1. The third-order valence-electron chi connectivity index (χ3n) is 2.44. The molecule has 3 atom stereocenters. The van der Waals surface area contributed by atoms with Crippen molar-refractivity contribution >= 4 is 0 Å². The summed E-state index contributed by atoms with van der Waals surface area (Å²) < 4.78 is 0. The third kappa shape index (κ3) is 5.64. The van der Waals surface area contributed by atoms with E-state index in [0.717, 1.165) is 6.42 Å². The summed E-state index contributed by atoms with van der Waals surface area (Å²) in [6.45, 7) is 9.98. The van der Waals surface area contributed by atoms with E-state index in [4.69, 9.17) is 0 Å². The zero-order valence-corrected chi connectivity index (χ0v) is 9.03. The summed E-state index contributed by atoms with van der Waals surface area (Å²) in [6.07, 6.45) is 7.70. The molecule has 0 aliphatic carbocycles. The maximum absolute atomic E-state index is 9.40. The van der Waals surface area contributed by atoms with Crippen LogP contribution in [0.4, 0.5) is 0 Å². The van der Waals surface area contributed by atoms with Crippen molar-refractivity contribution in [3.05, 3.63) is 24.8 Å². The number of rotatable bonds is 6. The van der Waals surface area contributed by atoms with Crippen molar-refractivity contribution in [1.82, 2.24) is 0 Å². The Morgan fingerprint density at radius 2 is 2.00 bits per heavy atom. The number of hydrogen-bond donors (Lipinski definition) is 1. The van der Waals surface area contributed by atoms with Crippen LogP contribution in [-0.4, -0.2) is 11.2 Å². The molecular formula is C12H22O. The highest BCUT2D eigenvalue weighted by Crippen LogP contribution is 2.11. The molecule has 76 valence electrons. The van der Waals surface area contributed by atoms with Crippen molar-refractivity contribution in [2.24, 2.45) is 11.8 Å². The predicted molar refractivity (Wildman–Crippen MR) is 58.6 cm³/mol. The summed E-state index contributed by atoms with van der Waals surface area (Å²) in [5.41, 5.74) is 0. The van der Waals surface area contributed by atoms with E-state index < -0.39 is 0 Å². The van der Waals surface area contributed by atoms with Gasteiger partial charge in [0.2, 0.25) is 0 Å². The summed E-state index contributed by atoms with van der Waals surface area (Å²) >= 11 is 0. The lowest BCUT2D eigenvalue weighted by Gasteiger charge is -2.12. The molecule has 0 heterocycles. The molecule has 0 rings (SSSR count). The molecule has 1 N–H and O–H groups in total. The summed E-state index contributed by atoms with van der Waals surface area (Å²) in [7, 11) is 0. The van der Waals surface area contributed by atoms with E-state index in [1.165, 1.54) is 6.42 Å². The largest absolute Gasteiger partial charge is 0.389 e. The molecule has 0 aromatic heterocycles. The lowest BCUT2D eigenvalue weighted by Crippen LogP contribution is -2.13. The van der Waals surface area contributed by atoms with E-state index in [0.29, 0.717) is 5.92 Å². The number of aliphatic hydroxyl groups is 1. The van der Waals surface area contributed by atoms with Crippen LogP contribution in [0.1, 0.15) is 33.6 Å². The van der Waals surface area contributed by atoms with E-state index in [2.05, 4.69) is 32.6 Å². The maximum atomic E-state index is 9.40. The molecule has 1 nitrogen and oxygen atoms in total. The first kappa shape index (κ1) is 12.4.